The number of benzene rings is 1. The van der Waals surface area contributed by atoms with Crippen LogP contribution in [0, 0.1) is 23.3 Å². The molecule has 0 spiro atoms. The standard InChI is InChI=1S/C10H8N2.C4H6N2O.C2H6.ClH/c11-6-5-9-7-8-3-1-2-4-10(8)12-9;1-6-3-4(5)7-2;1-2;/h1-4H,5,7H2;5H,3H2,2H3;1-2H3;1H. The molecule has 0 atom stereocenters. The highest BCUT2D eigenvalue weighted by atomic mass is 35.5. The number of methoxy groups -OCH3 is 1. The third kappa shape index (κ3) is 8.04. The van der Waals surface area contributed by atoms with Crippen molar-refractivity contribution in [2.24, 2.45) is 4.99 Å². The van der Waals surface area contributed by atoms with Crippen molar-refractivity contribution >= 4 is 29.7 Å². The van der Waals surface area contributed by atoms with Crippen molar-refractivity contribution in [3.63, 3.8) is 0 Å². The predicted octanol–water partition coefficient (Wildman–Crippen LogP) is 4.21. The van der Waals surface area contributed by atoms with E-state index in [-0.39, 0.29) is 24.8 Å². The predicted molar refractivity (Wildman–Crippen MR) is 92.3 cm³/mol. The van der Waals surface area contributed by atoms with Gasteiger partial charge < -0.3 is 9.58 Å². The molecule has 5 nitrogen and oxygen atoms in total. The molecule has 1 heterocycles. The number of para-hydroxylation sites is 1. The zero-order valence-corrected chi connectivity index (χ0v) is 13.9. The molecule has 0 bridgehead atoms. The smallest absolute Gasteiger partial charge is 0.288 e. The van der Waals surface area contributed by atoms with Crippen LogP contribution in [-0.2, 0) is 11.2 Å². The van der Waals surface area contributed by atoms with Crippen molar-refractivity contribution in [3.05, 3.63) is 41.2 Å². The van der Waals surface area contributed by atoms with Gasteiger partial charge in [0.25, 0.3) is 12.4 Å². The molecule has 1 N–H and O–H groups in total. The van der Waals surface area contributed by atoms with Gasteiger partial charge in [-0.15, -0.1) is 12.4 Å². The van der Waals surface area contributed by atoms with Crippen molar-refractivity contribution in [3.8, 4) is 6.07 Å². The van der Waals surface area contributed by atoms with Crippen LogP contribution in [0.25, 0.3) is 4.85 Å². The molecule has 1 aromatic carbocycles. The number of halogens is 1. The fourth-order valence-corrected chi connectivity index (χ4v) is 1.53. The zero-order chi connectivity index (χ0) is 16.1. The van der Waals surface area contributed by atoms with Gasteiger partial charge in [0.05, 0.1) is 25.3 Å². The number of fused-ring (bicyclic) bond motifs is 1. The molecular weight excluding hydrogens is 300 g/mol. The number of aliphatic imine (C=N–C) groups is 1. The Kier molecular flexibility index (Phi) is 13.6. The summed E-state index contributed by atoms with van der Waals surface area (Å²) in [6.45, 7) is 10.3. The van der Waals surface area contributed by atoms with Crippen LogP contribution in [0.2, 0.25) is 0 Å². The first-order valence-corrected chi connectivity index (χ1v) is 6.67. The number of hydrogen-bond donors (Lipinski definition) is 1. The first-order chi connectivity index (χ1) is 10.2. The highest BCUT2D eigenvalue weighted by molar-refractivity contribution is 5.95. The van der Waals surface area contributed by atoms with Crippen LogP contribution in [0.15, 0.2) is 29.3 Å². The molecule has 22 heavy (non-hydrogen) atoms. The van der Waals surface area contributed by atoms with E-state index in [0.717, 1.165) is 17.8 Å². The minimum absolute atomic E-state index is 0. The summed E-state index contributed by atoms with van der Waals surface area (Å²) in [6, 6.07) is 10.1. The van der Waals surface area contributed by atoms with E-state index in [4.69, 9.17) is 17.2 Å². The molecule has 0 aliphatic carbocycles. The fraction of sp³-hybridized carbons (Fsp3) is 0.375. The molecule has 1 aliphatic heterocycles. The van der Waals surface area contributed by atoms with Gasteiger partial charge >= 0.3 is 0 Å². The maximum absolute atomic E-state index is 8.47. The number of nitriles is 1. The Hall–Kier alpha value is -2.37. The van der Waals surface area contributed by atoms with Crippen LogP contribution >= 0.6 is 12.4 Å². The minimum Gasteiger partial charge on any atom is -0.479 e. The van der Waals surface area contributed by atoms with Crippen LogP contribution in [0.3, 0.4) is 0 Å². The lowest BCUT2D eigenvalue weighted by Gasteiger charge is -1.92. The number of ether oxygens (including phenoxy) is 1. The van der Waals surface area contributed by atoms with Crippen LogP contribution in [0.1, 0.15) is 25.8 Å². The Morgan fingerprint density at radius 3 is 2.55 bits per heavy atom. The molecule has 0 saturated carbocycles. The third-order valence-electron chi connectivity index (χ3n) is 2.42. The van der Waals surface area contributed by atoms with E-state index in [9.17, 15) is 0 Å². The lowest BCUT2D eigenvalue weighted by molar-refractivity contribution is 0.395. The van der Waals surface area contributed by atoms with Crippen molar-refractivity contribution in [1.82, 2.24) is 0 Å². The Bertz CT molecular complexity index is 570. The maximum atomic E-state index is 8.47. The topological polar surface area (TPSA) is 73.6 Å². The van der Waals surface area contributed by atoms with Gasteiger partial charge in [-0.1, -0.05) is 32.0 Å². The molecule has 2 rings (SSSR count). The molecule has 1 aliphatic rings. The molecule has 0 radical (unpaired) electrons. The van der Waals surface area contributed by atoms with Crippen LogP contribution in [0.4, 0.5) is 5.69 Å². The first kappa shape index (κ1) is 21.9. The Morgan fingerprint density at radius 2 is 2.09 bits per heavy atom. The molecule has 0 amide bonds. The molecule has 1 aromatic rings. The van der Waals surface area contributed by atoms with E-state index >= 15 is 0 Å². The molecule has 6 heteroatoms. The van der Waals surface area contributed by atoms with Crippen molar-refractivity contribution in [2.75, 3.05) is 13.7 Å². The van der Waals surface area contributed by atoms with Gasteiger partial charge in [-0.2, -0.15) is 5.26 Å². The lowest BCUT2D eigenvalue weighted by Crippen LogP contribution is -2.00. The monoisotopic (exact) mass is 320 g/mol. The maximum Gasteiger partial charge on any atom is 0.288 e. The van der Waals surface area contributed by atoms with Crippen molar-refractivity contribution in [2.45, 2.75) is 26.7 Å². The molecule has 0 aromatic heterocycles. The summed E-state index contributed by atoms with van der Waals surface area (Å²) >= 11 is 0. The second-order valence-electron chi connectivity index (χ2n) is 3.76. The lowest BCUT2D eigenvalue weighted by atomic mass is 10.1. The summed E-state index contributed by atoms with van der Waals surface area (Å²) in [7, 11) is 1.38. The van der Waals surface area contributed by atoms with Gasteiger partial charge in [-0.05, 0) is 11.6 Å². The van der Waals surface area contributed by atoms with Gasteiger partial charge in [-0.3, -0.25) is 10.4 Å². The van der Waals surface area contributed by atoms with Crippen LogP contribution in [0.5, 0.6) is 0 Å². The Morgan fingerprint density at radius 1 is 1.45 bits per heavy atom. The van der Waals surface area contributed by atoms with Crippen LogP contribution in [-0.4, -0.2) is 25.3 Å². The fourth-order valence-electron chi connectivity index (χ4n) is 1.53. The second kappa shape index (κ2) is 13.6. The average Bonchev–Trinajstić information content (AvgIpc) is 2.93. The van der Waals surface area contributed by atoms with E-state index in [1.807, 2.05) is 32.0 Å². The van der Waals surface area contributed by atoms with Crippen molar-refractivity contribution in [1.29, 1.82) is 10.7 Å². The number of rotatable bonds is 2. The van der Waals surface area contributed by atoms with Gasteiger partial charge in [0.15, 0.2) is 0 Å². The molecule has 0 fully saturated rings. The van der Waals surface area contributed by atoms with Crippen LogP contribution < -0.4 is 0 Å². The van der Waals surface area contributed by atoms with Gasteiger partial charge in [0, 0.05) is 12.1 Å². The molecule has 0 unspecified atom stereocenters. The zero-order valence-electron chi connectivity index (χ0n) is 13.1. The van der Waals surface area contributed by atoms with Gasteiger partial charge in [0.1, 0.15) is 0 Å². The largest absolute Gasteiger partial charge is 0.479 e. The van der Waals surface area contributed by atoms with E-state index in [2.05, 4.69) is 26.7 Å². The third-order valence-corrected chi connectivity index (χ3v) is 2.42. The Labute approximate surface area is 138 Å². The Balaban J connectivity index is 0. The molecule has 118 valence electrons. The number of hydrogen-bond acceptors (Lipinski definition) is 4. The highest BCUT2D eigenvalue weighted by Gasteiger charge is 2.12. The summed E-state index contributed by atoms with van der Waals surface area (Å²) in [5.41, 5.74) is 3.25. The summed E-state index contributed by atoms with van der Waals surface area (Å²) in [5.74, 6) is 0.0231. The van der Waals surface area contributed by atoms with Crippen molar-refractivity contribution < 1.29 is 4.74 Å². The highest BCUT2D eigenvalue weighted by Crippen LogP contribution is 2.26. The summed E-state index contributed by atoms with van der Waals surface area (Å²) in [6.07, 6.45) is 1.30. The first-order valence-electron chi connectivity index (χ1n) is 6.67. The summed E-state index contributed by atoms with van der Waals surface area (Å²) in [4.78, 5) is 7.24. The van der Waals surface area contributed by atoms with Gasteiger partial charge in [0.2, 0.25) is 0 Å². The second-order valence-corrected chi connectivity index (χ2v) is 3.76. The van der Waals surface area contributed by atoms with E-state index in [1.165, 1.54) is 12.7 Å². The van der Waals surface area contributed by atoms with E-state index in [1.54, 1.807) is 0 Å². The summed E-state index contributed by atoms with van der Waals surface area (Å²) < 4.78 is 4.36. The quantitative estimate of drug-likeness (QED) is 0.503. The molecule has 0 saturated heterocycles. The minimum atomic E-state index is 0. The average molecular weight is 321 g/mol. The number of nitrogens with zero attached hydrogens (tertiary/aromatic N) is 3. The van der Waals surface area contributed by atoms with Gasteiger partial charge in [-0.25, -0.2) is 6.57 Å². The molecular formula is C16H21ClN4O. The van der Waals surface area contributed by atoms with E-state index in [0.29, 0.717) is 6.42 Å². The summed E-state index contributed by atoms with van der Waals surface area (Å²) in [5, 5.41) is 15.2. The van der Waals surface area contributed by atoms with E-state index < -0.39 is 0 Å². The normalized spacial score (nSPS) is 9.77. The SMILES string of the molecule is CC.Cl.N#CCC1=Nc2ccccc2C1.[C-]#[N+]CC(=N)OC. The number of nitrogens with one attached hydrogen (secondary N) is 1.